The first-order valence-corrected chi connectivity index (χ1v) is 9.62. The minimum absolute atomic E-state index is 0.0394. The molecular weight excluding hydrogens is 450 g/mol. The SMILES string of the molecule is COCCOc1cnc(C(=O)Nc2ccc(F)c([C@]3(C)CO[C@@H](C(F)(F)F)C(N)=N3)c2)cn1. The van der Waals surface area contributed by atoms with E-state index in [9.17, 15) is 22.4 Å². The van der Waals surface area contributed by atoms with Crippen LogP contribution in [0, 0.1) is 5.82 Å². The number of carbonyl (C=O) groups is 1. The number of anilines is 1. The first-order valence-electron chi connectivity index (χ1n) is 9.62. The Kier molecular flexibility index (Phi) is 7.12. The van der Waals surface area contributed by atoms with E-state index in [1.807, 2.05) is 0 Å². The van der Waals surface area contributed by atoms with Crippen LogP contribution in [0.3, 0.4) is 0 Å². The van der Waals surface area contributed by atoms with Crippen molar-refractivity contribution < 1.29 is 36.6 Å². The van der Waals surface area contributed by atoms with Crippen molar-refractivity contribution in [2.75, 3.05) is 32.2 Å². The van der Waals surface area contributed by atoms with Gasteiger partial charge in [0.15, 0.2) is 0 Å². The van der Waals surface area contributed by atoms with Crippen molar-refractivity contribution in [2.45, 2.75) is 24.7 Å². The zero-order chi connectivity index (χ0) is 24.2. The highest BCUT2D eigenvalue weighted by Crippen LogP contribution is 2.36. The van der Waals surface area contributed by atoms with E-state index in [1.165, 1.54) is 38.6 Å². The highest BCUT2D eigenvalue weighted by Gasteiger charge is 2.48. The number of hydrogen-bond donors (Lipinski definition) is 2. The summed E-state index contributed by atoms with van der Waals surface area (Å²) in [6, 6.07) is 3.58. The molecule has 0 spiro atoms. The Balaban J connectivity index is 1.77. The second-order valence-corrected chi connectivity index (χ2v) is 7.27. The lowest BCUT2D eigenvalue weighted by molar-refractivity contribution is -0.204. The fourth-order valence-electron chi connectivity index (χ4n) is 3.06. The van der Waals surface area contributed by atoms with Crippen LogP contribution in [0.15, 0.2) is 35.6 Å². The summed E-state index contributed by atoms with van der Waals surface area (Å²) in [5.74, 6) is -2.01. The van der Waals surface area contributed by atoms with Crippen molar-refractivity contribution in [1.29, 1.82) is 0 Å². The molecule has 1 aromatic heterocycles. The molecule has 2 heterocycles. The second-order valence-electron chi connectivity index (χ2n) is 7.27. The monoisotopic (exact) mass is 471 g/mol. The molecule has 3 N–H and O–H groups in total. The van der Waals surface area contributed by atoms with Gasteiger partial charge in [0.05, 0.1) is 25.6 Å². The van der Waals surface area contributed by atoms with E-state index in [0.29, 0.717) is 6.61 Å². The number of amides is 1. The van der Waals surface area contributed by atoms with Crippen LogP contribution in [-0.2, 0) is 15.0 Å². The van der Waals surface area contributed by atoms with Gasteiger partial charge in [0.25, 0.3) is 5.91 Å². The van der Waals surface area contributed by atoms with Crippen molar-refractivity contribution in [3.8, 4) is 5.88 Å². The van der Waals surface area contributed by atoms with Crippen LogP contribution in [0.25, 0.3) is 0 Å². The zero-order valence-electron chi connectivity index (χ0n) is 17.6. The summed E-state index contributed by atoms with van der Waals surface area (Å²) < 4.78 is 68.4. The predicted molar refractivity (Wildman–Crippen MR) is 109 cm³/mol. The molecule has 0 bridgehead atoms. The molecule has 2 atom stereocenters. The maximum Gasteiger partial charge on any atom is 0.421 e. The number of halogens is 4. The average Bonchev–Trinajstić information content (AvgIpc) is 2.74. The van der Waals surface area contributed by atoms with Crippen LogP contribution in [0.2, 0.25) is 0 Å². The van der Waals surface area contributed by atoms with Crippen LogP contribution < -0.4 is 15.8 Å². The molecule has 1 aliphatic rings. The number of ether oxygens (including phenoxy) is 3. The van der Waals surface area contributed by atoms with E-state index >= 15 is 0 Å². The van der Waals surface area contributed by atoms with Gasteiger partial charge in [0.1, 0.15) is 29.5 Å². The molecule has 0 fully saturated rings. The molecule has 0 radical (unpaired) electrons. The van der Waals surface area contributed by atoms with Crippen LogP contribution in [-0.4, -0.2) is 60.9 Å². The number of rotatable bonds is 7. The number of nitrogens with one attached hydrogen (secondary N) is 1. The van der Waals surface area contributed by atoms with Gasteiger partial charge >= 0.3 is 6.18 Å². The van der Waals surface area contributed by atoms with Gasteiger partial charge in [-0.1, -0.05) is 0 Å². The van der Waals surface area contributed by atoms with Crippen LogP contribution in [0.5, 0.6) is 5.88 Å². The maximum atomic E-state index is 14.5. The van der Waals surface area contributed by atoms with Crippen molar-refractivity contribution in [1.82, 2.24) is 9.97 Å². The van der Waals surface area contributed by atoms with Crippen LogP contribution in [0.1, 0.15) is 23.0 Å². The topological polar surface area (TPSA) is 121 Å². The second kappa shape index (κ2) is 9.67. The van der Waals surface area contributed by atoms with Gasteiger partial charge in [-0.3, -0.25) is 9.79 Å². The summed E-state index contributed by atoms with van der Waals surface area (Å²) in [5.41, 5.74) is 3.94. The molecule has 178 valence electrons. The molecule has 33 heavy (non-hydrogen) atoms. The van der Waals surface area contributed by atoms with Gasteiger partial charge in [-0.25, -0.2) is 14.4 Å². The molecule has 0 aliphatic carbocycles. The first kappa shape index (κ1) is 24.3. The summed E-state index contributed by atoms with van der Waals surface area (Å²) in [6.45, 7) is 1.42. The summed E-state index contributed by atoms with van der Waals surface area (Å²) >= 11 is 0. The number of aromatic nitrogens is 2. The van der Waals surface area contributed by atoms with Gasteiger partial charge in [-0.05, 0) is 25.1 Å². The number of nitrogens with two attached hydrogens (primary N) is 1. The summed E-state index contributed by atoms with van der Waals surface area (Å²) in [5, 5.41) is 2.53. The van der Waals surface area contributed by atoms with Crippen molar-refractivity contribution in [2.24, 2.45) is 10.7 Å². The molecular formula is C20H21F4N5O4. The molecule has 1 aliphatic heterocycles. The first-order chi connectivity index (χ1) is 15.5. The Morgan fingerprint density at radius 3 is 2.67 bits per heavy atom. The van der Waals surface area contributed by atoms with E-state index in [-0.39, 0.29) is 29.4 Å². The van der Waals surface area contributed by atoms with Crippen LogP contribution in [0.4, 0.5) is 23.2 Å². The number of aliphatic imine (C=N–C) groups is 1. The molecule has 13 heteroatoms. The van der Waals surface area contributed by atoms with Crippen molar-refractivity contribution >= 4 is 17.4 Å². The Morgan fingerprint density at radius 2 is 2.06 bits per heavy atom. The number of amidine groups is 1. The normalized spacial score (nSPS) is 20.8. The predicted octanol–water partition coefficient (Wildman–Crippen LogP) is 2.43. The maximum absolute atomic E-state index is 14.5. The number of alkyl halides is 3. The van der Waals surface area contributed by atoms with Gasteiger partial charge in [-0.15, -0.1) is 0 Å². The van der Waals surface area contributed by atoms with E-state index in [2.05, 4.69) is 20.3 Å². The summed E-state index contributed by atoms with van der Waals surface area (Å²) in [4.78, 5) is 24.3. The highest BCUT2D eigenvalue weighted by molar-refractivity contribution is 6.02. The van der Waals surface area contributed by atoms with Crippen molar-refractivity contribution in [3.05, 3.63) is 47.7 Å². The fraction of sp³-hybridized carbons (Fsp3) is 0.400. The van der Waals surface area contributed by atoms with Crippen LogP contribution >= 0.6 is 0 Å². The lowest BCUT2D eigenvalue weighted by atomic mass is 9.91. The number of methoxy groups -OCH3 is 1. The largest absolute Gasteiger partial charge is 0.474 e. The molecule has 2 aromatic rings. The molecule has 0 saturated heterocycles. The van der Waals surface area contributed by atoms with E-state index in [1.54, 1.807) is 0 Å². The van der Waals surface area contributed by atoms with E-state index in [0.717, 1.165) is 6.07 Å². The van der Waals surface area contributed by atoms with Gasteiger partial charge in [-0.2, -0.15) is 13.2 Å². The quantitative estimate of drug-likeness (QED) is 0.470. The number of hydrogen-bond acceptors (Lipinski definition) is 8. The van der Waals surface area contributed by atoms with E-state index < -0.39 is 42.0 Å². The lowest BCUT2D eigenvalue weighted by Gasteiger charge is -2.35. The Labute approximate surface area is 186 Å². The average molecular weight is 471 g/mol. The number of nitrogens with zero attached hydrogens (tertiary/aromatic N) is 3. The minimum Gasteiger partial charge on any atom is -0.474 e. The van der Waals surface area contributed by atoms with E-state index in [4.69, 9.17) is 19.9 Å². The Hall–Kier alpha value is -3.32. The third-order valence-electron chi connectivity index (χ3n) is 4.68. The zero-order valence-corrected chi connectivity index (χ0v) is 17.6. The standard InChI is InChI=1S/C20H21F4N5O4/c1-19(10-33-16(17(25)29-19)20(22,23)24)12-7-11(3-4-13(12)21)28-18(30)14-8-27-15(9-26-14)32-6-5-31-2/h3-4,7-9,16H,5-6,10H2,1-2H3,(H2,25,29)(H,28,30)/t16-,19+/m1/s1. The van der Waals surface area contributed by atoms with Gasteiger partial charge in [0.2, 0.25) is 12.0 Å². The van der Waals surface area contributed by atoms with Crippen molar-refractivity contribution in [3.63, 3.8) is 0 Å². The fourth-order valence-corrected chi connectivity index (χ4v) is 3.06. The molecule has 0 saturated carbocycles. The highest BCUT2D eigenvalue weighted by atomic mass is 19.4. The van der Waals surface area contributed by atoms with Gasteiger partial charge in [0, 0.05) is 18.4 Å². The Morgan fingerprint density at radius 1 is 1.30 bits per heavy atom. The molecule has 1 aromatic carbocycles. The van der Waals surface area contributed by atoms with Gasteiger partial charge < -0.3 is 25.3 Å². The minimum atomic E-state index is -4.74. The number of benzene rings is 1. The number of carbonyl (C=O) groups excluding carboxylic acids is 1. The third-order valence-corrected chi connectivity index (χ3v) is 4.68. The Bertz CT molecular complexity index is 1030. The molecule has 0 unspecified atom stereocenters. The summed E-state index contributed by atoms with van der Waals surface area (Å²) in [7, 11) is 1.52. The third kappa shape index (κ3) is 5.73. The molecule has 1 amide bonds. The molecule has 9 nitrogen and oxygen atoms in total. The smallest absolute Gasteiger partial charge is 0.421 e. The summed E-state index contributed by atoms with van der Waals surface area (Å²) in [6.07, 6.45) is -4.65. The lowest BCUT2D eigenvalue weighted by Crippen LogP contribution is -2.50. The molecule has 3 rings (SSSR count).